The Hall–Kier alpha value is -2.31. The number of hydrazone groups is 1. The summed E-state index contributed by atoms with van der Waals surface area (Å²) < 4.78 is 26.3. The Morgan fingerprint density at radius 2 is 2.08 bits per heavy atom. The first-order chi connectivity index (χ1) is 12.4. The van der Waals surface area contributed by atoms with E-state index < -0.39 is 11.6 Å². The Morgan fingerprint density at radius 3 is 2.81 bits per heavy atom. The summed E-state index contributed by atoms with van der Waals surface area (Å²) >= 11 is 0. The van der Waals surface area contributed by atoms with E-state index in [1.165, 1.54) is 11.1 Å². The lowest BCUT2D eigenvalue weighted by Gasteiger charge is -2.34. The van der Waals surface area contributed by atoms with Gasteiger partial charge in [-0.05, 0) is 49.3 Å². The van der Waals surface area contributed by atoms with E-state index in [-0.39, 0.29) is 11.8 Å². The van der Waals surface area contributed by atoms with Gasteiger partial charge in [-0.2, -0.15) is 5.10 Å². The topological polar surface area (TPSA) is 53.0 Å². The van der Waals surface area contributed by atoms with Crippen LogP contribution >= 0.6 is 0 Å². The summed E-state index contributed by atoms with van der Waals surface area (Å²) in [6, 6.07) is 4.00. The molecule has 3 rings (SSSR count). The molecule has 140 valence electrons. The molecule has 1 aromatic carbocycles. The van der Waals surface area contributed by atoms with Gasteiger partial charge in [-0.15, -0.1) is 0 Å². The second-order valence-corrected chi connectivity index (χ2v) is 7.01. The van der Waals surface area contributed by atoms with E-state index in [1.54, 1.807) is 13.1 Å². The maximum Gasteiger partial charge on any atom is 0.270 e. The van der Waals surface area contributed by atoms with Gasteiger partial charge in [0.1, 0.15) is 5.71 Å². The van der Waals surface area contributed by atoms with E-state index in [4.69, 9.17) is 0 Å². The molecule has 1 atom stereocenters. The molecule has 0 spiro atoms. The molecule has 1 aromatic rings. The Morgan fingerprint density at radius 1 is 1.27 bits per heavy atom. The van der Waals surface area contributed by atoms with Crippen molar-refractivity contribution in [1.82, 2.24) is 9.91 Å². The van der Waals surface area contributed by atoms with Crippen LogP contribution in [0.1, 0.15) is 37.7 Å². The summed E-state index contributed by atoms with van der Waals surface area (Å²) in [5, 5.41) is 5.34. The maximum absolute atomic E-state index is 13.3. The van der Waals surface area contributed by atoms with E-state index in [0.29, 0.717) is 44.0 Å². The van der Waals surface area contributed by atoms with Gasteiger partial charge in [-0.3, -0.25) is 9.59 Å². The predicted molar refractivity (Wildman–Crippen MR) is 93.4 cm³/mol. The molecule has 1 fully saturated rings. The number of piperidine rings is 1. The first kappa shape index (κ1) is 18.5. The van der Waals surface area contributed by atoms with Crippen LogP contribution in [-0.2, 0) is 16.0 Å². The first-order valence-corrected chi connectivity index (χ1v) is 9.01. The zero-order valence-electron chi connectivity index (χ0n) is 14.9. The quantitative estimate of drug-likeness (QED) is 0.826. The molecule has 0 aromatic heterocycles. The number of hydrogen-bond acceptors (Lipinski definition) is 3. The minimum Gasteiger partial charge on any atom is -0.337 e. The SMILES string of the molecule is CN1N=C(C(=O)N2CCCC(CCc3ccc(F)c(F)c3)C2)CCC1=O. The van der Waals surface area contributed by atoms with Gasteiger partial charge in [0.05, 0.1) is 0 Å². The Labute approximate surface area is 151 Å². The van der Waals surface area contributed by atoms with Crippen molar-refractivity contribution in [2.45, 2.75) is 38.5 Å². The lowest BCUT2D eigenvalue weighted by atomic mass is 9.91. The second-order valence-electron chi connectivity index (χ2n) is 7.01. The molecule has 0 N–H and O–H groups in total. The van der Waals surface area contributed by atoms with Crippen LogP contribution in [-0.4, -0.2) is 47.6 Å². The molecule has 7 heteroatoms. The van der Waals surface area contributed by atoms with Gasteiger partial charge >= 0.3 is 0 Å². The molecule has 0 aliphatic carbocycles. The molecule has 26 heavy (non-hydrogen) atoms. The van der Waals surface area contributed by atoms with Crippen LogP contribution < -0.4 is 0 Å². The molecular formula is C19H23F2N3O2. The molecule has 0 bridgehead atoms. The van der Waals surface area contributed by atoms with Crippen molar-refractivity contribution < 1.29 is 18.4 Å². The lowest BCUT2D eigenvalue weighted by Crippen LogP contribution is -2.45. The first-order valence-electron chi connectivity index (χ1n) is 9.01. The predicted octanol–water partition coefficient (Wildman–Crippen LogP) is 2.74. The van der Waals surface area contributed by atoms with Crippen LogP contribution in [0.25, 0.3) is 0 Å². The van der Waals surface area contributed by atoms with Crippen LogP contribution in [0.15, 0.2) is 23.3 Å². The van der Waals surface area contributed by atoms with E-state index in [9.17, 15) is 18.4 Å². The molecule has 2 aliphatic rings. The fraction of sp³-hybridized carbons (Fsp3) is 0.526. The number of amides is 2. The highest BCUT2D eigenvalue weighted by Gasteiger charge is 2.29. The number of benzene rings is 1. The van der Waals surface area contributed by atoms with Crippen LogP contribution in [0.5, 0.6) is 0 Å². The zero-order valence-corrected chi connectivity index (χ0v) is 14.9. The van der Waals surface area contributed by atoms with Gasteiger partial charge in [0.2, 0.25) is 5.91 Å². The van der Waals surface area contributed by atoms with Gasteiger partial charge in [0, 0.05) is 33.0 Å². The summed E-state index contributed by atoms with van der Waals surface area (Å²) in [5.41, 5.74) is 1.21. The van der Waals surface area contributed by atoms with E-state index in [2.05, 4.69) is 5.10 Å². The fourth-order valence-corrected chi connectivity index (χ4v) is 3.56. The average molecular weight is 363 g/mol. The molecule has 1 unspecified atom stereocenters. The van der Waals surface area contributed by atoms with Crippen molar-refractivity contribution in [3.63, 3.8) is 0 Å². The third kappa shape index (κ3) is 4.26. The molecule has 2 aliphatic heterocycles. The number of halogens is 2. The third-order valence-electron chi connectivity index (χ3n) is 5.09. The summed E-state index contributed by atoms with van der Waals surface area (Å²) in [4.78, 5) is 26.0. The van der Waals surface area contributed by atoms with Crippen LogP contribution in [0.4, 0.5) is 8.78 Å². The monoisotopic (exact) mass is 363 g/mol. The van der Waals surface area contributed by atoms with Crippen molar-refractivity contribution in [2.75, 3.05) is 20.1 Å². The highest BCUT2D eigenvalue weighted by Crippen LogP contribution is 2.23. The smallest absolute Gasteiger partial charge is 0.270 e. The number of carbonyl (C=O) groups excluding carboxylic acids is 2. The molecule has 5 nitrogen and oxygen atoms in total. The fourth-order valence-electron chi connectivity index (χ4n) is 3.56. The molecule has 0 saturated carbocycles. The normalized spacial score (nSPS) is 21.0. The number of rotatable bonds is 4. The molecular weight excluding hydrogens is 340 g/mol. The maximum atomic E-state index is 13.3. The summed E-state index contributed by atoms with van der Waals surface area (Å²) in [7, 11) is 1.57. The number of carbonyl (C=O) groups is 2. The van der Waals surface area contributed by atoms with Gasteiger partial charge in [-0.25, -0.2) is 13.8 Å². The number of likely N-dealkylation sites (tertiary alicyclic amines) is 1. The zero-order chi connectivity index (χ0) is 18.7. The number of aryl methyl sites for hydroxylation is 1. The standard InChI is InChI=1S/C19H23F2N3O2/c1-23-18(25)9-8-17(22-23)19(26)24-10-2-3-14(12-24)5-4-13-6-7-15(20)16(21)11-13/h6-7,11,14H,2-5,8-10,12H2,1H3. The molecule has 2 amide bonds. The van der Waals surface area contributed by atoms with Crippen molar-refractivity contribution in [1.29, 1.82) is 0 Å². The van der Waals surface area contributed by atoms with E-state index in [0.717, 1.165) is 30.9 Å². The van der Waals surface area contributed by atoms with Crippen molar-refractivity contribution >= 4 is 17.5 Å². The van der Waals surface area contributed by atoms with Gasteiger partial charge in [0.25, 0.3) is 5.91 Å². The largest absolute Gasteiger partial charge is 0.337 e. The highest BCUT2D eigenvalue weighted by atomic mass is 19.2. The van der Waals surface area contributed by atoms with Crippen LogP contribution in [0, 0.1) is 17.6 Å². The van der Waals surface area contributed by atoms with Gasteiger partial charge < -0.3 is 4.90 Å². The number of nitrogens with zero attached hydrogens (tertiary/aromatic N) is 3. The van der Waals surface area contributed by atoms with Gasteiger partial charge in [0.15, 0.2) is 11.6 Å². The third-order valence-corrected chi connectivity index (χ3v) is 5.09. The van der Waals surface area contributed by atoms with Crippen molar-refractivity contribution in [2.24, 2.45) is 11.0 Å². The van der Waals surface area contributed by atoms with Crippen LogP contribution in [0.3, 0.4) is 0 Å². The van der Waals surface area contributed by atoms with Crippen molar-refractivity contribution in [3.8, 4) is 0 Å². The Balaban J connectivity index is 1.57. The minimum atomic E-state index is -0.833. The average Bonchev–Trinajstić information content (AvgIpc) is 2.64. The Kier molecular flexibility index (Phi) is 5.64. The van der Waals surface area contributed by atoms with Crippen molar-refractivity contribution in [3.05, 3.63) is 35.4 Å². The second kappa shape index (κ2) is 7.93. The molecule has 0 radical (unpaired) electrons. The Bertz CT molecular complexity index is 735. The van der Waals surface area contributed by atoms with E-state index >= 15 is 0 Å². The number of hydrogen-bond donors (Lipinski definition) is 0. The molecule has 2 heterocycles. The van der Waals surface area contributed by atoms with Gasteiger partial charge in [-0.1, -0.05) is 6.07 Å². The summed E-state index contributed by atoms with van der Waals surface area (Å²) in [6.07, 6.45) is 4.10. The summed E-state index contributed by atoms with van der Waals surface area (Å²) in [5.74, 6) is -1.51. The van der Waals surface area contributed by atoms with E-state index in [1.807, 2.05) is 4.90 Å². The minimum absolute atomic E-state index is 0.0791. The highest BCUT2D eigenvalue weighted by molar-refractivity contribution is 6.39. The molecule has 1 saturated heterocycles. The lowest BCUT2D eigenvalue weighted by molar-refractivity contribution is -0.131. The summed E-state index contributed by atoms with van der Waals surface area (Å²) in [6.45, 7) is 1.33. The van der Waals surface area contributed by atoms with Crippen LogP contribution in [0.2, 0.25) is 0 Å².